The van der Waals surface area contributed by atoms with Crippen LogP contribution in [0.1, 0.15) is 10.4 Å². The maximum absolute atomic E-state index is 12.9. The van der Waals surface area contributed by atoms with E-state index in [1.165, 1.54) is 4.68 Å². The van der Waals surface area contributed by atoms with E-state index in [2.05, 4.69) is 20.4 Å². The van der Waals surface area contributed by atoms with Crippen LogP contribution in [-0.2, 0) is 6.54 Å². The van der Waals surface area contributed by atoms with E-state index >= 15 is 0 Å². The van der Waals surface area contributed by atoms with Crippen LogP contribution in [-0.4, -0.2) is 39.4 Å². The first kappa shape index (κ1) is 21.3. The fourth-order valence-electron chi connectivity index (χ4n) is 2.88. The summed E-state index contributed by atoms with van der Waals surface area (Å²) in [6, 6.07) is 18.0. The second-order valence-electron chi connectivity index (χ2n) is 6.75. The Bertz CT molecular complexity index is 1180. The quantitative estimate of drug-likeness (QED) is 0.428. The first-order valence-electron chi connectivity index (χ1n) is 9.78. The molecule has 0 radical (unpaired) electrons. The Balaban J connectivity index is 1.53. The number of carbonyl (C=O) groups excluding carboxylic acids is 1. The lowest BCUT2D eigenvalue weighted by molar-refractivity contribution is 0.0824. The molecular weight excluding hydrogens is 430 g/mol. The lowest BCUT2D eigenvalue weighted by Gasteiger charge is -2.09. The van der Waals surface area contributed by atoms with Crippen molar-refractivity contribution in [1.82, 2.24) is 19.7 Å². The Morgan fingerprint density at radius 3 is 2.50 bits per heavy atom. The maximum Gasteiger partial charge on any atom is 0.287 e. The van der Waals surface area contributed by atoms with Gasteiger partial charge in [0.2, 0.25) is 5.95 Å². The number of carbonyl (C=O) groups is 1. The normalized spacial score (nSPS) is 10.6. The number of pyridine rings is 1. The van der Waals surface area contributed by atoms with Gasteiger partial charge < -0.3 is 14.8 Å². The molecule has 0 aliphatic carbocycles. The molecule has 0 amide bonds. The topological polar surface area (TPSA) is 91.2 Å². The third kappa shape index (κ3) is 5.22. The van der Waals surface area contributed by atoms with Gasteiger partial charge in [0.25, 0.3) is 5.91 Å². The van der Waals surface area contributed by atoms with Crippen molar-refractivity contribution in [3.63, 3.8) is 0 Å². The van der Waals surface area contributed by atoms with Crippen molar-refractivity contribution in [2.24, 2.45) is 0 Å². The van der Waals surface area contributed by atoms with Crippen LogP contribution in [0.5, 0.6) is 11.5 Å². The molecule has 162 valence electrons. The van der Waals surface area contributed by atoms with Crippen LogP contribution in [0, 0.1) is 0 Å². The molecule has 0 atom stereocenters. The summed E-state index contributed by atoms with van der Waals surface area (Å²) in [6.45, 7) is 0.231. The van der Waals surface area contributed by atoms with Crippen molar-refractivity contribution in [1.29, 1.82) is 0 Å². The molecule has 32 heavy (non-hydrogen) atoms. The molecule has 1 N–H and O–H groups in total. The van der Waals surface area contributed by atoms with Gasteiger partial charge in [-0.05, 0) is 54.1 Å². The zero-order chi connectivity index (χ0) is 22.3. The Hall–Kier alpha value is -3.91. The zero-order valence-corrected chi connectivity index (χ0v) is 18.0. The van der Waals surface area contributed by atoms with E-state index in [0.717, 1.165) is 11.3 Å². The molecule has 4 rings (SSSR count). The van der Waals surface area contributed by atoms with Crippen LogP contribution in [0.2, 0.25) is 5.02 Å². The van der Waals surface area contributed by atoms with Gasteiger partial charge >= 0.3 is 0 Å². The largest absolute Gasteiger partial charge is 0.497 e. The minimum absolute atomic E-state index is 0.214. The molecule has 0 aliphatic heterocycles. The number of nitrogens with one attached hydrogen (secondary N) is 1. The van der Waals surface area contributed by atoms with Crippen molar-refractivity contribution in [3.8, 4) is 22.9 Å². The molecule has 8 nitrogen and oxygen atoms in total. The fourth-order valence-corrected chi connectivity index (χ4v) is 3.01. The van der Waals surface area contributed by atoms with E-state index in [1.807, 2.05) is 30.3 Å². The van der Waals surface area contributed by atoms with Crippen molar-refractivity contribution in [2.45, 2.75) is 6.54 Å². The van der Waals surface area contributed by atoms with Gasteiger partial charge in [0.1, 0.15) is 11.5 Å². The lowest BCUT2D eigenvalue weighted by atomic mass is 10.2. The number of aromatic nitrogens is 4. The van der Waals surface area contributed by atoms with Crippen LogP contribution in [0.3, 0.4) is 0 Å². The summed E-state index contributed by atoms with van der Waals surface area (Å²) in [5, 5.41) is 8.15. The van der Waals surface area contributed by atoms with E-state index in [-0.39, 0.29) is 12.5 Å². The number of anilines is 1. The molecule has 0 unspecified atom stereocenters. The van der Waals surface area contributed by atoms with Crippen molar-refractivity contribution < 1.29 is 14.3 Å². The van der Waals surface area contributed by atoms with Crippen molar-refractivity contribution in [3.05, 3.63) is 83.6 Å². The molecular formula is C23H20ClN5O3. The van der Waals surface area contributed by atoms with Gasteiger partial charge in [-0.15, -0.1) is 5.10 Å². The first-order valence-corrected chi connectivity index (χ1v) is 10.2. The first-order chi connectivity index (χ1) is 15.6. The van der Waals surface area contributed by atoms with E-state index in [9.17, 15) is 4.79 Å². The summed E-state index contributed by atoms with van der Waals surface area (Å²) in [6.07, 6.45) is 3.30. The minimum Gasteiger partial charge on any atom is -0.497 e. The van der Waals surface area contributed by atoms with Gasteiger partial charge in [-0.25, -0.2) is 0 Å². The van der Waals surface area contributed by atoms with Gasteiger partial charge in [0.05, 0.1) is 7.11 Å². The van der Waals surface area contributed by atoms with Crippen LogP contribution < -0.4 is 14.8 Å². The average molecular weight is 450 g/mol. The summed E-state index contributed by atoms with van der Waals surface area (Å²) in [5.41, 5.74) is 1.69. The zero-order valence-electron chi connectivity index (χ0n) is 17.2. The molecule has 4 aromatic rings. The highest BCUT2D eigenvalue weighted by Crippen LogP contribution is 2.19. The summed E-state index contributed by atoms with van der Waals surface area (Å²) < 4.78 is 12.0. The molecule has 0 fully saturated rings. The molecule has 0 spiro atoms. The van der Waals surface area contributed by atoms with E-state index < -0.39 is 0 Å². The monoisotopic (exact) mass is 449 g/mol. The fraction of sp³-hybridized carbons (Fsp3) is 0.130. The molecule has 2 aromatic carbocycles. The van der Waals surface area contributed by atoms with E-state index in [0.29, 0.717) is 34.7 Å². The Morgan fingerprint density at radius 2 is 1.81 bits per heavy atom. The number of nitrogens with zero attached hydrogens (tertiary/aromatic N) is 4. The summed E-state index contributed by atoms with van der Waals surface area (Å²) in [4.78, 5) is 21.5. The summed E-state index contributed by atoms with van der Waals surface area (Å²) in [5.74, 6) is 1.62. The SMILES string of the molecule is COc1ccc(CNc2nc(-c3cccnc3)nn2C(=O)COc2ccc(Cl)cc2)cc1. The smallest absolute Gasteiger partial charge is 0.287 e. The van der Waals surface area contributed by atoms with E-state index in [4.69, 9.17) is 21.1 Å². The Labute approximate surface area is 189 Å². The predicted octanol–water partition coefficient (Wildman–Crippen LogP) is 4.33. The third-order valence-electron chi connectivity index (χ3n) is 4.55. The van der Waals surface area contributed by atoms with Gasteiger partial charge in [-0.2, -0.15) is 9.67 Å². The maximum atomic E-state index is 12.9. The summed E-state index contributed by atoms with van der Waals surface area (Å²) >= 11 is 5.89. The number of halogens is 1. The highest BCUT2D eigenvalue weighted by molar-refractivity contribution is 6.30. The number of hydrogen-bond acceptors (Lipinski definition) is 7. The molecule has 2 heterocycles. The number of benzene rings is 2. The third-order valence-corrected chi connectivity index (χ3v) is 4.80. The highest BCUT2D eigenvalue weighted by atomic mass is 35.5. The number of methoxy groups -OCH3 is 1. The second-order valence-corrected chi connectivity index (χ2v) is 7.19. The molecule has 0 saturated heterocycles. The molecule has 2 aromatic heterocycles. The minimum atomic E-state index is -0.375. The standard InChI is InChI=1S/C23H20ClN5O3/c1-31-19-8-4-16(5-9-19)13-26-23-27-22(17-3-2-12-25-14-17)28-29(23)21(30)15-32-20-10-6-18(24)7-11-20/h2-12,14H,13,15H2,1H3,(H,26,27,28). The van der Waals surface area contributed by atoms with Gasteiger partial charge in [-0.3, -0.25) is 9.78 Å². The molecule has 0 aliphatic rings. The number of rotatable bonds is 8. The second kappa shape index (κ2) is 9.93. The van der Waals surface area contributed by atoms with Crippen LogP contribution >= 0.6 is 11.6 Å². The van der Waals surface area contributed by atoms with Crippen LogP contribution in [0.15, 0.2) is 73.1 Å². The van der Waals surface area contributed by atoms with Crippen molar-refractivity contribution >= 4 is 23.5 Å². The van der Waals surface area contributed by atoms with Gasteiger partial charge in [-0.1, -0.05) is 23.7 Å². The highest BCUT2D eigenvalue weighted by Gasteiger charge is 2.18. The van der Waals surface area contributed by atoms with Crippen LogP contribution in [0.25, 0.3) is 11.4 Å². The summed E-state index contributed by atoms with van der Waals surface area (Å²) in [7, 11) is 1.62. The Morgan fingerprint density at radius 1 is 1.06 bits per heavy atom. The van der Waals surface area contributed by atoms with Gasteiger partial charge in [0, 0.05) is 29.5 Å². The Kier molecular flexibility index (Phi) is 6.62. The van der Waals surface area contributed by atoms with E-state index in [1.54, 1.807) is 49.8 Å². The number of hydrogen-bond donors (Lipinski definition) is 1. The average Bonchev–Trinajstić information content (AvgIpc) is 3.27. The lowest BCUT2D eigenvalue weighted by Crippen LogP contribution is -2.22. The predicted molar refractivity (Wildman–Crippen MR) is 121 cm³/mol. The molecule has 0 bridgehead atoms. The molecule has 0 saturated carbocycles. The van der Waals surface area contributed by atoms with Crippen molar-refractivity contribution in [2.75, 3.05) is 19.0 Å². The van der Waals surface area contributed by atoms with Crippen LogP contribution in [0.4, 0.5) is 5.95 Å². The van der Waals surface area contributed by atoms with Gasteiger partial charge in [0.15, 0.2) is 12.4 Å². The molecule has 9 heteroatoms. The number of ether oxygens (including phenoxy) is 2.